The average Bonchev–Trinajstić information content (AvgIpc) is 3.19. The van der Waals surface area contributed by atoms with Crippen LogP contribution in [0.4, 0.5) is 9.52 Å². The molecule has 164 valence electrons. The van der Waals surface area contributed by atoms with Crippen molar-refractivity contribution in [3.05, 3.63) is 57.3 Å². The quantitative estimate of drug-likeness (QED) is 0.471. The van der Waals surface area contributed by atoms with Gasteiger partial charge in [-0.15, -0.1) is 0 Å². The molecule has 0 saturated carbocycles. The van der Waals surface area contributed by atoms with Gasteiger partial charge in [-0.3, -0.25) is 14.6 Å². The van der Waals surface area contributed by atoms with Gasteiger partial charge in [-0.25, -0.2) is 9.37 Å². The van der Waals surface area contributed by atoms with E-state index < -0.39 is 5.82 Å². The molecule has 0 spiro atoms. The predicted octanol–water partition coefficient (Wildman–Crippen LogP) is 5.42. The summed E-state index contributed by atoms with van der Waals surface area (Å²) < 4.78 is 19.9. The minimum atomic E-state index is -0.481. The van der Waals surface area contributed by atoms with Crippen molar-refractivity contribution in [2.45, 2.75) is 13.3 Å². The molecule has 1 aromatic heterocycles. The van der Waals surface area contributed by atoms with Gasteiger partial charge < -0.3 is 4.74 Å². The minimum absolute atomic E-state index is 0.0866. The molecule has 1 amide bonds. The van der Waals surface area contributed by atoms with E-state index in [1.807, 2.05) is 19.1 Å². The third-order valence-electron chi connectivity index (χ3n) is 5.33. The smallest absolute Gasteiger partial charge is 0.261 e. The Labute approximate surface area is 194 Å². The summed E-state index contributed by atoms with van der Waals surface area (Å²) in [6, 6.07) is 7.57. The summed E-state index contributed by atoms with van der Waals surface area (Å²) in [6.45, 7) is 6.46. The van der Waals surface area contributed by atoms with Gasteiger partial charge in [0.2, 0.25) is 0 Å². The van der Waals surface area contributed by atoms with E-state index in [-0.39, 0.29) is 16.5 Å². The van der Waals surface area contributed by atoms with Gasteiger partial charge in [0.05, 0.1) is 34.0 Å². The zero-order chi connectivity index (χ0) is 22.0. The molecule has 0 N–H and O–H groups in total. The number of fused-ring (bicyclic) bond motifs is 1. The summed E-state index contributed by atoms with van der Waals surface area (Å²) in [7, 11) is 0. The number of hydrogen-bond donors (Lipinski definition) is 0. The third kappa shape index (κ3) is 5.02. The summed E-state index contributed by atoms with van der Waals surface area (Å²) >= 11 is 13.9. The second-order valence-corrected chi connectivity index (χ2v) is 9.23. The van der Waals surface area contributed by atoms with Crippen LogP contribution in [0.3, 0.4) is 0 Å². The number of nitrogens with zero attached hydrogens (tertiary/aromatic N) is 3. The Hall–Kier alpha value is -1.77. The Morgan fingerprint density at radius 2 is 2.00 bits per heavy atom. The molecule has 9 heteroatoms. The lowest BCUT2D eigenvalue weighted by atomic mass is 10.2. The molecule has 2 heterocycles. The fourth-order valence-electron chi connectivity index (χ4n) is 3.57. The molecule has 0 radical (unpaired) electrons. The van der Waals surface area contributed by atoms with Crippen LogP contribution in [0.15, 0.2) is 30.3 Å². The summed E-state index contributed by atoms with van der Waals surface area (Å²) in [6.07, 6.45) is 0.764. The molecule has 0 atom stereocenters. The van der Waals surface area contributed by atoms with Gasteiger partial charge in [0.15, 0.2) is 5.13 Å². The highest BCUT2D eigenvalue weighted by molar-refractivity contribution is 7.22. The molecular weight excluding hydrogens is 460 g/mol. The van der Waals surface area contributed by atoms with Crippen LogP contribution in [0, 0.1) is 12.7 Å². The largest absolute Gasteiger partial charge is 0.379 e. The average molecular weight is 482 g/mol. The first kappa shape index (κ1) is 22.4. The highest BCUT2D eigenvalue weighted by Gasteiger charge is 2.24. The highest BCUT2D eigenvalue weighted by atomic mass is 35.5. The van der Waals surface area contributed by atoms with Crippen molar-refractivity contribution in [1.82, 2.24) is 9.88 Å². The number of halogens is 3. The molecular formula is C22H22Cl2FN3O2S. The molecule has 5 nitrogen and oxygen atoms in total. The number of hydrogen-bond acceptors (Lipinski definition) is 5. The van der Waals surface area contributed by atoms with Gasteiger partial charge in [0.25, 0.3) is 5.91 Å². The number of morpholine rings is 1. The third-order valence-corrected chi connectivity index (χ3v) is 7.10. The van der Waals surface area contributed by atoms with E-state index in [0.29, 0.717) is 16.7 Å². The monoisotopic (exact) mass is 481 g/mol. The Bertz CT molecular complexity index is 1100. The molecule has 4 rings (SSSR count). The van der Waals surface area contributed by atoms with Gasteiger partial charge in [-0.05, 0) is 49.2 Å². The first-order valence-corrected chi connectivity index (χ1v) is 11.6. The Morgan fingerprint density at radius 3 is 2.74 bits per heavy atom. The normalized spacial score (nSPS) is 14.8. The lowest BCUT2D eigenvalue weighted by Crippen LogP contribution is -2.39. The molecule has 0 bridgehead atoms. The second-order valence-electron chi connectivity index (χ2n) is 7.40. The Kier molecular flexibility index (Phi) is 7.08. The van der Waals surface area contributed by atoms with Crippen molar-refractivity contribution in [3.8, 4) is 0 Å². The zero-order valence-corrected chi connectivity index (χ0v) is 19.4. The number of carbonyl (C=O) groups is 1. The number of amides is 1. The van der Waals surface area contributed by atoms with Crippen LogP contribution >= 0.6 is 34.5 Å². The van der Waals surface area contributed by atoms with Crippen LogP contribution in [0.2, 0.25) is 10.0 Å². The first-order chi connectivity index (χ1) is 14.9. The summed E-state index contributed by atoms with van der Waals surface area (Å²) in [5.41, 5.74) is 1.91. The molecule has 31 heavy (non-hydrogen) atoms. The fraction of sp³-hybridized carbons (Fsp3) is 0.364. The SMILES string of the molecule is Cc1c(Cl)ccc2sc(N(CCCN3CCOCC3)C(=O)c3ccc(F)cc3Cl)nc12. The van der Waals surface area contributed by atoms with Crippen LogP contribution in [0.5, 0.6) is 0 Å². The van der Waals surface area contributed by atoms with Crippen molar-refractivity contribution in [2.24, 2.45) is 0 Å². The van der Waals surface area contributed by atoms with Crippen LogP contribution in [0.25, 0.3) is 10.2 Å². The molecule has 0 aliphatic carbocycles. The molecule has 3 aromatic rings. The van der Waals surface area contributed by atoms with Gasteiger partial charge >= 0.3 is 0 Å². The van der Waals surface area contributed by atoms with Gasteiger partial charge in [0.1, 0.15) is 5.82 Å². The van der Waals surface area contributed by atoms with Crippen molar-refractivity contribution < 1.29 is 13.9 Å². The number of benzene rings is 2. The lowest BCUT2D eigenvalue weighted by molar-refractivity contribution is 0.0376. The lowest BCUT2D eigenvalue weighted by Gasteiger charge is -2.27. The maximum Gasteiger partial charge on any atom is 0.261 e. The van der Waals surface area contributed by atoms with Gasteiger partial charge in [-0.1, -0.05) is 34.5 Å². The molecule has 2 aromatic carbocycles. The van der Waals surface area contributed by atoms with Crippen LogP contribution in [-0.4, -0.2) is 55.2 Å². The van der Waals surface area contributed by atoms with Gasteiger partial charge in [0, 0.05) is 31.2 Å². The fourth-order valence-corrected chi connectivity index (χ4v) is 5.02. The van der Waals surface area contributed by atoms with Crippen molar-refractivity contribution >= 4 is 55.8 Å². The standard InChI is InChI=1S/C22H22Cl2FN3O2S/c1-14-17(23)5-6-19-20(14)26-22(31-19)28(8-2-7-27-9-11-30-12-10-27)21(29)16-4-3-15(25)13-18(16)24/h3-6,13H,2,7-12H2,1H3. The Morgan fingerprint density at radius 1 is 1.23 bits per heavy atom. The van der Waals surface area contributed by atoms with Crippen LogP contribution in [0.1, 0.15) is 22.3 Å². The first-order valence-electron chi connectivity index (χ1n) is 10.1. The van der Waals surface area contributed by atoms with E-state index in [9.17, 15) is 9.18 Å². The van der Waals surface area contributed by atoms with Crippen LogP contribution in [-0.2, 0) is 4.74 Å². The van der Waals surface area contributed by atoms with E-state index in [4.69, 9.17) is 32.9 Å². The zero-order valence-electron chi connectivity index (χ0n) is 17.0. The number of carbonyl (C=O) groups excluding carboxylic acids is 1. The maximum atomic E-state index is 13.5. The maximum absolute atomic E-state index is 13.5. The van der Waals surface area contributed by atoms with E-state index in [1.54, 1.807) is 4.90 Å². The number of rotatable bonds is 6. The minimum Gasteiger partial charge on any atom is -0.379 e. The Balaban J connectivity index is 1.63. The molecule has 1 fully saturated rings. The number of aromatic nitrogens is 1. The second kappa shape index (κ2) is 9.79. The molecule has 1 aliphatic rings. The van der Waals surface area contributed by atoms with Crippen molar-refractivity contribution in [2.75, 3.05) is 44.3 Å². The summed E-state index contributed by atoms with van der Waals surface area (Å²) in [5, 5.41) is 1.30. The van der Waals surface area contributed by atoms with E-state index >= 15 is 0 Å². The van der Waals surface area contributed by atoms with E-state index in [0.717, 1.165) is 61.1 Å². The molecule has 0 unspecified atom stereocenters. The number of anilines is 1. The topological polar surface area (TPSA) is 45.7 Å². The number of ether oxygens (including phenoxy) is 1. The number of aryl methyl sites for hydroxylation is 1. The van der Waals surface area contributed by atoms with Crippen LogP contribution < -0.4 is 4.90 Å². The molecule has 1 saturated heterocycles. The predicted molar refractivity (Wildman–Crippen MR) is 124 cm³/mol. The summed E-state index contributed by atoms with van der Waals surface area (Å²) in [4.78, 5) is 22.1. The van der Waals surface area contributed by atoms with E-state index in [1.165, 1.54) is 23.5 Å². The number of thiazole rings is 1. The van der Waals surface area contributed by atoms with Crippen molar-refractivity contribution in [1.29, 1.82) is 0 Å². The molecule has 1 aliphatic heterocycles. The van der Waals surface area contributed by atoms with E-state index in [2.05, 4.69) is 4.90 Å². The highest BCUT2D eigenvalue weighted by Crippen LogP contribution is 2.34. The van der Waals surface area contributed by atoms with Crippen molar-refractivity contribution in [3.63, 3.8) is 0 Å². The van der Waals surface area contributed by atoms with Gasteiger partial charge in [-0.2, -0.15) is 0 Å². The summed E-state index contributed by atoms with van der Waals surface area (Å²) in [5.74, 6) is -0.777.